The number of sulfonamides is 1. The second-order valence-corrected chi connectivity index (χ2v) is 10.4. The van der Waals surface area contributed by atoms with Crippen molar-refractivity contribution in [2.24, 2.45) is 0 Å². The molecule has 4 rings (SSSR count). The minimum absolute atomic E-state index is 0.112. The van der Waals surface area contributed by atoms with Gasteiger partial charge in [0.1, 0.15) is 5.75 Å². The molecule has 0 saturated carbocycles. The lowest BCUT2D eigenvalue weighted by atomic mass is 10.1. The summed E-state index contributed by atoms with van der Waals surface area (Å²) in [5.74, 6) is -0.000294. The van der Waals surface area contributed by atoms with E-state index < -0.39 is 16.1 Å². The van der Waals surface area contributed by atoms with Crippen molar-refractivity contribution in [3.63, 3.8) is 0 Å². The molecule has 6 nitrogen and oxygen atoms in total. The highest BCUT2D eigenvalue weighted by atomic mass is 35.5. The van der Waals surface area contributed by atoms with Crippen molar-refractivity contribution in [1.82, 2.24) is 5.32 Å². The standard InChI is InChI=1S/C25H25ClN2O4S/c1-17-3-10-21(11-4-17)33(30,31)28-16-24(32-23-12-5-18(2)15-22(23)28)25(29)27-14-13-19-6-8-20(26)9-7-19/h3-12,15,24H,13-14,16H2,1-2H3,(H,27,29). The summed E-state index contributed by atoms with van der Waals surface area (Å²) >= 11 is 5.91. The predicted molar refractivity (Wildman–Crippen MR) is 129 cm³/mol. The Bertz CT molecular complexity index is 1260. The van der Waals surface area contributed by atoms with Gasteiger partial charge in [-0.05, 0) is 67.8 Å². The Balaban J connectivity index is 1.55. The Kier molecular flexibility index (Phi) is 6.63. The lowest BCUT2D eigenvalue weighted by molar-refractivity contribution is -0.127. The normalized spacial score (nSPS) is 15.5. The molecule has 0 aliphatic carbocycles. The van der Waals surface area contributed by atoms with Crippen LogP contribution in [0.1, 0.15) is 16.7 Å². The topological polar surface area (TPSA) is 75.7 Å². The summed E-state index contributed by atoms with van der Waals surface area (Å²) in [5.41, 5.74) is 3.33. The molecule has 0 spiro atoms. The number of hydrogen-bond acceptors (Lipinski definition) is 4. The maximum atomic E-state index is 13.5. The summed E-state index contributed by atoms with van der Waals surface area (Å²) in [4.78, 5) is 13.1. The van der Waals surface area contributed by atoms with Crippen LogP contribution >= 0.6 is 11.6 Å². The maximum Gasteiger partial charge on any atom is 0.264 e. The first kappa shape index (κ1) is 23.1. The average Bonchev–Trinajstić information content (AvgIpc) is 2.80. The largest absolute Gasteiger partial charge is 0.476 e. The van der Waals surface area contributed by atoms with Crippen molar-refractivity contribution in [2.75, 3.05) is 17.4 Å². The number of aryl methyl sites for hydroxylation is 2. The first-order valence-corrected chi connectivity index (χ1v) is 12.4. The van der Waals surface area contributed by atoms with Crippen molar-refractivity contribution in [1.29, 1.82) is 0 Å². The molecule has 0 fully saturated rings. The molecule has 172 valence electrons. The molecule has 0 aromatic heterocycles. The summed E-state index contributed by atoms with van der Waals surface area (Å²) in [5, 5.41) is 3.51. The lowest BCUT2D eigenvalue weighted by Crippen LogP contribution is -2.51. The Morgan fingerprint density at radius 3 is 2.39 bits per heavy atom. The summed E-state index contributed by atoms with van der Waals surface area (Å²) < 4.78 is 34.2. The van der Waals surface area contributed by atoms with Gasteiger partial charge in [-0.3, -0.25) is 9.10 Å². The van der Waals surface area contributed by atoms with Crippen LogP contribution in [0.4, 0.5) is 5.69 Å². The molecule has 1 N–H and O–H groups in total. The molecular weight excluding hydrogens is 460 g/mol. The smallest absolute Gasteiger partial charge is 0.264 e. The summed E-state index contributed by atoms with van der Waals surface area (Å²) in [6.45, 7) is 4.06. The highest BCUT2D eigenvalue weighted by Crippen LogP contribution is 2.37. The van der Waals surface area contributed by atoms with Crippen LogP contribution in [0.3, 0.4) is 0 Å². The summed E-state index contributed by atoms with van der Waals surface area (Å²) in [7, 11) is -3.88. The van der Waals surface area contributed by atoms with E-state index in [9.17, 15) is 13.2 Å². The van der Waals surface area contributed by atoms with Crippen LogP contribution < -0.4 is 14.4 Å². The molecule has 1 heterocycles. The zero-order chi connectivity index (χ0) is 23.6. The third-order valence-corrected chi connectivity index (χ3v) is 7.56. The van der Waals surface area contributed by atoms with Crippen molar-refractivity contribution in [3.8, 4) is 5.75 Å². The van der Waals surface area contributed by atoms with Gasteiger partial charge in [-0.1, -0.05) is 47.5 Å². The number of anilines is 1. The van der Waals surface area contributed by atoms with E-state index in [1.807, 2.05) is 32.0 Å². The van der Waals surface area contributed by atoms with E-state index in [0.29, 0.717) is 29.4 Å². The second-order valence-electron chi connectivity index (χ2n) is 8.09. The highest BCUT2D eigenvalue weighted by Gasteiger charge is 2.37. The van der Waals surface area contributed by atoms with Gasteiger partial charge in [0.25, 0.3) is 15.9 Å². The van der Waals surface area contributed by atoms with Crippen molar-refractivity contribution < 1.29 is 17.9 Å². The SMILES string of the molecule is Cc1ccc(S(=O)(=O)N2CC(C(=O)NCCc3ccc(Cl)cc3)Oc3ccc(C)cc32)cc1. The van der Waals surface area contributed by atoms with E-state index >= 15 is 0 Å². The van der Waals surface area contributed by atoms with E-state index in [1.165, 1.54) is 4.31 Å². The van der Waals surface area contributed by atoms with E-state index in [1.54, 1.807) is 48.5 Å². The molecule has 0 radical (unpaired) electrons. The number of amides is 1. The number of halogens is 1. The van der Waals surface area contributed by atoms with Gasteiger partial charge in [0.15, 0.2) is 6.10 Å². The van der Waals surface area contributed by atoms with Crippen LogP contribution in [0.5, 0.6) is 5.75 Å². The van der Waals surface area contributed by atoms with Gasteiger partial charge in [-0.25, -0.2) is 8.42 Å². The van der Waals surface area contributed by atoms with E-state index in [0.717, 1.165) is 16.7 Å². The minimum atomic E-state index is -3.88. The Labute approximate surface area is 199 Å². The predicted octanol–water partition coefficient (Wildman–Crippen LogP) is 4.27. The molecular formula is C25H25ClN2O4S. The number of carbonyl (C=O) groups is 1. The minimum Gasteiger partial charge on any atom is -0.476 e. The first-order chi connectivity index (χ1) is 15.7. The van der Waals surface area contributed by atoms with Gasteiger partial charge in [0.2, 0.25) is 0 Å². The number of ether oxygens (including phenoxy) is 1. The van der Waals surface area contributed by atoms with E-state index in [4.69, 9.17) is 16.3 Å². The fourth-order valence-electron chi connectivity index (χ4n) is 3.66. The van der Waals surface area contributed by atoms with Crippen LogP contribution in [0.2, 0.25) is 5.02 Å². The molecule has 8 heteroatoms. The zero-order valence-electron chi connectivity index (χ0n) is 18.4. The van der Waals surface area contributed by atoms with Gasteiger partial charge >= 0.3 is 0 Å². The summed E-state index contributed by atoms with van der Waals surface area (Å²) in [6.07, 6.45) is -0.345. The van der Waals surface area contributed by atoms with Crippen molar-refractivity contribution in [3.05, 3.63) is 88.4 Å². The first-order valence-electron chi connectivity index (χ1n) is 10.6. The average molecular weight is 485 g/mol. The van der Waals surface area contributed by atoms with Crippen LogP contribution in [0.25, 0.3) is 0 Å². The number of carbonyl (C=O) groups excluding carboxylic acids is 1. The highest BCUT2D eigenvalue weighted by molar-refractivity contribution is 7.92. The molecule has 0 bridgehead atoms. The Morgan fingerprint density at radius 2 is 1.70 bits per heavy atom. The Hall–Kier alpha value is -3.03. The molecule has 1 unspecified atom stereocenters. The molecule has 33 heavy (non-hydrogen) atoms. The number of fused-ring (bicyclic) bond motifs is 1. The van der Waals surface area contributed by atoms with Gasteiger partial charge in [-0.15, -0.1) is 0 Å². The number of benzene rings is 3. The molecule has 1 aliphatic heterocycles. The molecule has 3 aromatic rings. The Morgan fingerprint density at radius 1 is 1.03 bits per heavy atom. The van der Waals surface area contributed by atoms with Gasteiger partial charge in [-0.2, -0.15) is 0 Å². The lowest BCUT2D eigenvalue weighted by Gasteiger charge is -2.35. The quantitative estimate of drug-likeness (QED) is 0.567. The molecule has 1 atom stereocenters. The summed E-state index contributed by atoms with van der Waals surface area (Å²) in [6, 6.07) is 19.4. The third kappa shape index (κ3) is 5.15. The zero-order valence-corrected chi connectivity index (χ0v) is 20.0. The number of nitrogens with one attached hydrogen (secondary N) is 1. The fourth-order valence-corrected chi connectivity index (χ4v) is 5.25. The molecule has 1 amide bonds. The molecule has 1 aliphatic rings. The number of hydrogen-bond donors (Lipinski definition) is 1. The van der Waals surface area contributed by atoms with Crippen LogP contribution in [-0.4, -0.2) is 33.5 Å². The van der Waals surface area contributed by atoms with Crippen LogP contribution in [0.15, 0.2) is 71.6 Å². The van der Waals surface area contributed by atoms with Crippen LogP contribution in [-0.2, 0) is 21.2 Å². The number of nitrogens with zero attached hydrogens (tertiary/aromatic N) is 1. The van der Waals surface area contributed by atoms with Gasteiger partial charge in [0.05, 0.1) is 17.1 Å². The van der Waals surface area contributed by atoms with E-state index in [2.05, 4.69) is 5.32 Å². The van der Waals surface area contributed by atoms with E-state index in [-0.39, 0.29) is 17.3 Å². The van der Waals surface area contributed by atoms with Crippen molar-refractivity contribution >= 4 is 33.2 Å². The van der Waals surface area contributed by atoms with Gasteiger partial charge < -0.3 is 10.1 Å². The number of rotatable bonds is 6. The van der Waals surface area contributed by atoms with Crippen LogP contribution in [0, 0.1) is 13.8 Å². The monoisotopic (exact) mass is 484 g/mol. The molecule has 0 saturated heterocycles. The third-order valence-electron chi connectivity index (χ3n) is 5.51. The van der Waals surface area contributed by atoms with Gasteiger partial charge in [0, 0.05) is 11.6 Å². The second kappa shape index (κ2) is 9.45. The maximum absolute atomic E-state index is 13.5. The fraction of sp³-hybridized carbons (Fsp3) is 0.240. The molecule has 3 aromatic carbocycles. The van der Waals surface area contributed by atoms with Crippen molar-refractivity contribution in [2.45, 2.75) is 31.3 Å².